The summed E-state index contributed by atoms with van der Waals surface area (Å²) in [6.07, 6.45) is 4.82. The van der Waals surface area contributed by atoms with Crippen LogP contribution in [0.4, 0.5) is 0 Å². The van der Waals surface area contributed by atoms with Crippen molar-refractivity contribution in [3.8, 4) is 0 Å². The van der Waals surface area contributed by atoms with E-state index in [1.54, 1.807) is 0 Å². The molecule has 0 aromatic carbocycles. The Morgan fingerprint density at radius 1 is 1.24 bits per heavy atom. The lowest BCUT2D eigenvalue weighted by Crippen LogP contribution is -2.29. The number of nitrogens with zero attached hydrogens (tertiary/aromatic N) is 2. The molecule has 0 amide bonds. The maximum atomic E-state index is 5.65. The van der Waals surface area contributed by atoms with E-state index in [0.29, 0.717) is 24.3 Å². The molecule has 1 saturated heterocycles. The highest BCUT2D eigenvalue weighted by Crippen LogP contribution is 2.38. The molecule has 1 aromatic rings. The minimum absolute atomic E-state index is 0.462. The van der Waals surface area contributed by atoms with Crippen molar-refractivity contribution < 1.29 is 9.26 Å². The summed E-state index contributed by atoms with van der Waals surface area (Å²) < 4.78 is 10.8. The monoisotopic (exact) mass is 237 g/mol. The zero-order chi connectivity index (χ0) is 11.5. The fourth-order valence-electron chi connectivity index (χ4n) is 2.20. The van der Waals surface area contributed by atoms with Crippen LogP contribution in [0.5, 0.6) is 0 Å². The quantitative estimate of drug-likeness (QED) is 0.840. The lowest BCUT2D eigenvalue weighted by Gasteiger charge is -2.21. The molecular weight excluding hydrogens is 218 g/mol. The molecule has 1 N–H and O–H groups in total. The van der Waals surface area contributed by atoms with Crippen LogP contribution < -0.4 is 5.32 Å². The molecule has 5 heteroatoms. The van der Waals surface area contributed by atoms with Gasteiger partial charge in [0.2, 0.25) is 0 Å². The highest BCUT2D eigenvalue weighted by Gasteiger charge is 2.28. The molecular formula is C12H19N3O2. The van der Waals surface area contributed by atoms with Crippen molar-refractivity contribution in [2.24, 2.45) is 5.92 Å². The topological polar surface area (TPSA) is 60.2 Å². The van der Waals surface area contributed by atoms with Crippen LogP contribution in [0, 0.1) is 5.92 Å². The molecule has 2 heterocycles. The standard InChI is InChI=1S/C12H19N3O2/c1-2-10(1)12-14-11(17-15-12)8-16-7-9-3-5-13-6-4-9/h9-10,13H,1-8H2. The Bertz CT molecular complexity index is 356. The molecule has 3 rings (SSSR count). The Hall–Kier alpha value is -0.940. The maximum absolute atomic E-state index is 5.65. The van der Waals surface area contributed by atoms with E-state index < -0.39 is 0 Å². The molecule has 1 aliphatic heterocycles. The minimum atomic E-state index is 0.462. The summed E-state index contributed by atoms with van der Waals surface area (Å²) in [6, 6.07) is 0. The van der Waals surface area contributed by atoms with E-state index in [-0.39, 0.29) is 0 Å². The lowest BCUT2D eigenvalue weighted by atomic mass is 9.99. The van der Waals surface area contributed by atoms with Gasteiger partial charge in [0.25, 0.3) is 5.89 Å². The predicted octanol–water partition coefficient (Wildman–Crippen LogP) is 1.46. The Labute approximate surface area is 101 Å². The largest absolute Gasteiger partial charge is 0.371 e. The van der Waals surface area contributed by atoms with Gasteiger partial charge in [-0.25, -0.2) is 0 Å². The predicted molar refractivity (Wildman–Crippen MR) is 61.5 cm³/mol. The van der Waals surface area contributed by atoms with Crippen molar-refractivity contribution in [3.05, 3.63) is 11.7 Å². The molecule has 0 unspecified atom stereocenters. The van der Waals surface area contributed by atoms with E-state index in [1.807, 2.05) is 0 Å². The van der Waals surface area contributed by atoms with Crippen molar-refractivity contribution in [1.82, 2.24) is 15.5 Å². The van der Waals surface area contributed by atoms with Gasteiger partial charge < -0.3 is 14.6 Å². The molecule has 0 bridgehead atoms. The Morgan fingerprint density at radius 2 is 2.06 bits per heavy atom. The van der Waals surface area contributed by atoms with Crippen molar-refractivity contribution in [3.63, 3.8) is 0 Å². The second-order valence-electron chi connectivity index (χ2n) is 5.03. The van der Waals surface area contributed by atoms with Gasteiger partial charge in [-0.3, -0.25) is 0 Å². The normalized spacial score (nSPS) is 21.9. The van der Waals surface area contributed by atoms with Crippen LogP contribution in [0.25, 0.3) is 0 Å². The summed E-state index contributed by atoms with van der Waals surface area (Å²) >= 11 is 0. The second-order valence-corrected chi connectivity index (χ2v) is 5.03. The molecule has 5 nitrogen and oxygen atoms in total. The van der Waals surface area contributed by atoms with E-state index in [2.05, 4.69) is 15.5 Å². The van der Waals surface area contributed by atoms with Crippen molar-refractivity contribution in [1.29, 1.82) is 0 Å². The molecule has 94 valence electrons. The minimum Gasteiger partial charge on any atom is -0.371 e. The second kappa shape index (κ2) is 5.14. The van der Waals surface area contributed by atoms with Crippen LogP contribution in [-0.2, 0) is 11.3 Å². The van der Waals surface area contributed by atoms with Crippen LogP contribution >= 0.6 is 0 Å². The third-order valence-corrected chi connectivity index (χ3v) is 3.46. The van der Waals surface area contributed by atoms with Gasteiger partial charge in [-0.2, -0.15) is 4.98 Å². The first kappa shape index (κ1) is 11.2. The fraction of sp³-hybridized carbons (Fsp3) is 0.833. The number of hydrogen-bond acceptors (Lipinski definition) is 5. The van der Waals surface area contributed by atoms with E-state index in [1.165, 1.54) is 25.7 Å². The Morgan fingerprint density at radius 3 is 2.82 bits per heavy atom. The van der Waals surface area contributed by atoms with Gasteiger partial charge in [-0.05, 0) is 44.7 Å². The van der Waals surface area contributed by atoms with Gasteiger partial charge in [-0.15, -0.1) is 0 Å². The van der Waals surface area contributed by atoms with Crippen LogP contribution in [0.1, 0.15) is 43.3 Å². The number of nitrogens with one attached hydrogen (secondary N) is 1. The van der Waals surface area contributed by atoms with Gasteiger partial charge in [0.05, 0.1) is 6.61 Å². The lowest BCUT2D eigenvalue weighted by molar-refractivity contribution is 0.0602. The van der Waals surface area contributed by atoms with Gasteiger partial charge in [0, 0.05) is 5.92 Å². The van der Waals surface area contributed by atoms with Crippen LogP contribution in [-0.4, -0.2) is 29.8 Å². The summed E-state index contributed by atoms with van der Waals surface area (Å²) in [4.78, 5) is 4.34. The van der Waals surface area contributed by atoms with Gasteiger partial charge in [-0.1, -0.05) is 5.16 Å². The average Bonchev–Trinajstić information content (AvgIpc) is 3.11. The van der Waals surface area contributed by atoms with Crippen molar-refractivity contribution >= 4 is 0 Å². The molecule has 2 aliphatic rings. The van der Waals surface area contributed by atoms with Gasteiger partial charge >= 0.3 is 0 Å². The zero-order valence-electron chi connectivity index (χ0n) is 10.0. The molecule has 0 spiro atoms. The van der Waals surface area contributed by atoms with Gasteiger partial charge in [0.1, 0.15) is 6.61 Å². The molecule has 1 aromatic heterocycles. The number of ether oxygens (including phenoxy) is 1. The third kappa shape index (κ3) is 3.04. The number of hydrogen-bond donors (Lipinski definition) is 1. The number of piperidine rings is 1. The molecule has 17 heavy (non-hydrogen) atoms. The zero-order valence-corrected chi connectivity index (χ0v) is 10.0. The van der Waals surface area contributed by atoms with E-state index in [4.69, 9.17) is 9.26 Å². The van der Waals surface area contributed by atoms with E-state index in [9.17, 15) is 0 Å². The Kier molecular flexibility index (Phi) is 3.38. The maximum Gasteiger partial charge on any atom is 0.252 e. The smallest absolute Gasteiger partial charge is 0.252 e. The summed E-state index contributed by atoms with van der Waals surface area (Å²) in [7, 11) is 0. The summed E-state index contributed by atoms with van der Waals surface area (Å²) in [5, 5.41) is 7.32. The van der Waals surface area contributed by atoms with Gasteiger partial charge in [0.15, 0.2) is 5.82 Å². The van der Waals surface area contributed by atoms with Crippen LogP contribution in [0.3, 0.4) is 0 Å². The van der Waals surface area contributed by atoms with E-state index in [0.717, 1.165) is 25.5 Å². The Balaban J connectivity index is 1.40. The first-order valence-corrected chi connectivity index (χ1v) is 6.53. The number of rotatable bonds is 5. The SMILES string of the molecule is C1CC(COCc2nc(C3CC3)no2)CCN1. The van der Waals surface area contributed by atoms with Crippen LogP contribution in [0.15, 0.2) is 4.52 Å². The highest BCUT2D eigenvalue weighted by atomic mass is 16.5. The highest BCUT2D eigenvalue weighted by molar-refractivity contribution is 5.02. The number of aromatic nitrogens is 2. The molecule has 2 fully saturated rings. The average molecular weight is 237 g/mol. The molecule has 1 aliphatic carbocycles. The summed E-state index contributed by atoms with van der Waals surface area (Å²) in [6.45, 7) is 3.49. The molecule has 1 saturated carbocycles. The summed E-state index contributed by atoms with van der Waals surface area (Å²) in [5.74, 6) is 2.73. The molecule has 0 radical (unpaired) electrons. The molecule has 0 atom stereocenters. The first-order valence-electron chi connectivity index (χ1n) is 6.53. The summed E-state index contributed by atoms with van der Waals surface area (Å²) in [5.41, 5.74) is 0. The van der Waals surface area contributed by atoms with Crippen LogP contribution in [0.2, 0.25) is 0 Å². The van der Waals surface area contributed by atoms with E-state index >= 15 is 0 Å². The first-order chi connectivity index (χ1) is 8.42. The fourth-order valence-corrected chi connectivity index (χ4v) is 2.20. The van der Waals surface area contributed by atoms with Crippen molar-refractivity contribution in [2.45, 2.75) is 38.2 Å². The third-order valence-electron chi connectivity index (χ3n) is 3.46. The van der Waals surface area contributed by atoms with Crippen molar-refractivity contribution in [2.75, 3.05) is 19.7 Å².